The Morgan fingerprint density at radius 1 is 0.688 bits per heavy atom. The molecule has 16 heavy (non-hydrogen) atoms. The molecule has 0 unspecified atom stereocenters. The standard InChI is InChI=1S/C9H6O6.Nd/c10-7(11)4-1-5(8(12)13)3-6(2-4)9(14)15;/h1-3H,(H,10,11)(H,12,13)(H,14,15);/q;+3/p-3. The Labute approximate surface area is 122 Å². The van der Waals surface area contributed by atoms with E-state index in [1.54, 1.807) is 0 Å². The molecule has 0 aromatic heterocycles. The summed E-state index contributed by atoms with van der Waals surface area (Å²) >= 11 is 0. The zero-order valence-corrected chi connectivity index (χ0v) is 10.9. The Kier molecular flexibility index (Phi) is 5.52. The first-order valence-corrected chi connectivity index (χ1v) is 3.71. The monoisotopic (exact) mass is 349 g/mol. The maximum Gasteiger partial charge on any atom is 3.00 e. The minimum Gasteiger partial charge on any atom is -0.545 e. The Bertz CT molecular complexity index is 374. The first kappa shape index (κ1) is 15.0. The van der Waals surface area contributed by atoms with E-state index in [1.165, 1.54) is 0 Å². The van der Waals surface area contributed by atoms with Crippen LogP contribution in [-0.4, -0.2) is 17.9 Å². The zero-order valence-electron chi connectivity index (χ0n) is 7.68. The molecular formula is C9H3NdO6. The topological polar surface area (TPSA) is 120 Å². The summed E-state index contributed by atoms with van der Waals surface area (Å²) in [7, 11) is 0. The van der Waals surface area contributed by atoms with Crippen LogP contribution < -0.4 is 15.3 Å². The number of carbonyl (C=O) groups is 3. The first-order chi connectivity index (χ1) is 6.91. The van der Waals surface area contributed by atoms with E-state index in [0.717, 1.165) is 18.2 Å². The van der Waals surface area contributed by atoms with Gasteiger partial charge in [-0.2, -0.15) is 0 Å². The molecule has 0 fully saturated rings. The van der Waals surface area contributed by atoms with E-state index in [0.29, 0.717) is 0 Å². The summed E-state index contributed by atoms with van der Waals surface area (Å²) in [6, 6.07) is 2.24. The predicted molar refractivity (Wildman–Crippen MR) is 39.4 cm³/mol. The molecule has 0 bridgehead atoms. The number of rotatable bonds is 3. The van der Waals surface area contributed by atoms with Gasteiger partial charge in [-0.25, -0.2) is 0 Å². The quantitative estimate of drug-likeness (QED) is 0.565. The molecule has 7 heteroatoms. The summed E-state index contributed by atoms with van der Waals surface area (Å²) in [4.78, 5) is 31.2. The van der Waals surface area contributed by atoms with Crippen molar-refractivity contribution in [1.82, 2.24) is 0 Å². The molecule has 0 atom stereocenters. The van der Waals surface area contributed by atoms with Crippen LogP contribution in [0.15, 0.2) is 18.2 Å². The fraction of sp³-hybridized carbons (Fsp3) is 0. The molecule has 0 heterocycles. The summed E-state index contributed by atoms with van der Waals surface area (Å²) in [5, 5.41) is 31.2. The number of aromatic carboxylic acids is 3. The zero-order chi connectivity index (χ0) is 11.6. The predicted octanol–water partition coefficient (Wildman–Crippen LogP) is -3.22. The second kappa shape index (κ2) is 5.90. The van der Waals surface area contributed by atoms with Gasteiger partial charge in [-0.1, -0.05) is 0 Å². The van der Waals surface area contributed by atoms with Crippen LogP contribution in [0.4, 0.5) is 0 Å². The second-order valence-electron chi connectivity index (χ2n) is 2.66. The molecule has 0 saturated carbocycles. The minimum atomic E-state index is -1.68. The van der Waals surface area contributed by atoms with Crippen molar-refractivity contribution >= 4 is 17.9 Å². The molecule has 0 spiro atoms. The number of carboxylic acids is 3. The molecular weight excluding hydrogens is 348 g/mol. The second-order valence-corrected chi connectivity index (χ2v) is 2.66. The van der Waals surface area contributed by atoms with Crippen LogP contribution in [0, 0.1) is 40.8 Å². The number of hydrogen-bond acceptors (Lipinski definition) is 6. The van der Waals surface area contributed by atoms with Gasteiger partial charge in [0, 0.05) is 0 Å². The smallest absolute Gasteiger partial charge is 0.545 e. The van der Waals surface area contributed by atoms with Gasteiger partial charge in [0.2, 0.25) is 0 Å². The SMILES string of the molecule is O=C([O-])c1cc(C(=O)[O-])cc(C(=O)[O-])c1.[Nd+3]. The van der Waals surface area contributed by atoms with Crippen molar-refractivity contribution in [2.75, 3.05) is 0 Å². The van der Waals surface area contributed by atoms with Crippen molar-refractivity contribution in [3.05, 3.63) is 34.9 Å². The van der Waals surface area contributed by atoms with Crippen LogP contribution in [-0.2, 0) is 0 Å². The fourth-order valence-corrected chi connectivity index (χ4v) is 0.981. The van der Waals surface area contributed by atoms with Crippen LogP contribution in [0.25, 0.3) is 0 Å². The van der Waals surface area contributed by atoms with E-state index < -0.39 is 34.6 Å². The minimum absolute atomic E-state index is 0. The number of hydrogen-bond donors (Lipinski definition) is 0. The maximum absolute atomic E-state index is 10.4. The van der Waals surface area contributed by atoms with Crippen molar-refractivity contribution < 1.29 is 70.5 Å². The first-order valence-electron chi connectivity index (χ1n) is 3.71. The van der Waals surface area contributed by atoms with Crippen molar-refractivity contribution in [2.45, 2.75) is 0 Å². The molecule has 0 aliphatic rings. The van der Waals surface area contributed by atoms with Gasteiger partial charge in [0.05, 0.1) is 17.9 Å². The third kappa shape index (κ3) is 3.53. The average molecular weight is 351 g/mol. The van der Waals surface area contributed by atoms with Gasteiger partial charge >= 0.3 is 40.8 Å². The number of benzene rings is 1. The fourth-order valence-electron chi connectivity index (χ4n) is 0.981. The van der Waals surface area contributed by atoms with Gasteiger partial charge in [-0.15, -0.1) is 0 Å². The number of carboxylic acid groups (broad SMARTS) is 3. The van der Waals surface area contributed by atoms with Gasteiger partial charge in [-0.05, 0) is 34.9 Å². The van der Waals surface area contributed by atoms with E-state index in [1.807, 2.05) is 0 Å². The molecule has 0 saturated heterocycles. The summed E-state index contributed by atoms with van der Waals surface area (Å²) in [6.07, 6.45) is 0. The summed E-state index contributed by atoms with van der Waals surface area (Å²) in [5.41, 5.74) is -1.68. The molecule has 1 radical (unpaired) electrons. The average Bonchev–Trinajstić information content (AvgIpc) is 2.16. The van der Waals surface area contributed by atoms with Gasteiger partial charge < -0.3 is 29.7 Å². The van der Waals surface area contributed by atoms with Crippen molar-refractivity contribution in [3.8, 4) is 0 Å². The molecule has 0 amide bonds. The van der Waals surface area contributed by atoms with Gasteiger partial charge in [0.1, 0.15) is 0 Å². The summed E-state index contributed by atoms with van der Waals surface area (Å²) in [6.45, 7) is 0. The van der Waals surface area contributed by atoms with Crippen LogP contribution in [0.2, 0.25) is 0 Å². The van der Waals surface area contributed by atoms with Gasteiger partial charge in [0.15, 0.2) is 0 Å². The Balaban J connectivity index is 0.00000225. The largest absolute Gasteiger partial charge is 3.00 e. The van der Waals surface area contributed by atoms with E-state index in [9.17, 15) is 29.7 Å². The van der Waals surface area contributed by atoms with E-state index in [4.69, 9.17) is 0 Å². The van der Waals surface area contributed by atoms with Gasteiger partial charge in [-0.3, -0.25) is 0 Å². The van der Waals surface area contributed by atoms with Crippen molar-refractivity contribution in [2.24, 2.45) is 0 Å². The Morgan fingerprint density at radius 3 is 1.00 bits per heavy atom. The number of carbonyl (C=O) groups excluding carboxylic acids is 3. The van der Waals surface area contributed by atoms with E-state index in [-0.39, 0.29) is 40.8 Å². The van der Waals surface area contributed by atoms with Crippen molar-refractivity contribution in [1.29, 1.82) is 0 Å². The molecule has 79 valence electrons. The van der Waals surface area contributed by atoms with Crippen LogP contribution in [0.1, 0.15) is 31.1 Å². The molecule has 0 N–H and O–H groups in total. The third-order valence-corrected chi connectivity index (χ3v) is 1.64. The molecule has 1 aromatic rings. The normalized spacial score (nSPS) is 9.00. The third-order valence-electron chi connectivity index (χ3n) is 1.64. The molecule has 0 aliphatic carbocycles. The van der Waals surface area contributed by atoms with Gasteiger partial charge in [0.25, 0.3) is 0 Å². The Morgan fingerprint density at radius 2 is 0.875 bits per heavy atom. The molecule has 0 aliphatic heterocycles. The van der Waals surface area contributed by atoms with E-state index >= 15 is 0 Å². The van der Waals surface area contributed by atoms with Crippen LogP contribution >= 0.6 is 0 Å². The summed E-state index contributed by atoms with van der Waals surface area (Å²) in [5.74, 6) is -5.04. The van der Waals surface area contributed by atoms with Crippen molar-refractivity contribution in [3.63, 3.8) is 0 Å². The van der Waals surface area contributed by atoms with E-state index in [2.05, 4.69) is 0 Å². The molecule has 6 nitrogen and oxygen atoms in total. The van der Waals surface area contributed by atoms with Crippen LogP contribution in [0.3, 0.4) is 0 Å². The Hall–Kier alpha value is -1.02. The molecule has 1 aromatic carbocycles. The maximum atomic E-state index is 10.4. The van der Waals surface area contributed by atoms with Crippen LogP contribution in [0.5, 0.6) is 0 Å². The molecule has 1 rings (SSSR count). The summed E-state index contributed by atoms with van der Waals surface area (Å²) < 4.78 is 0.